The van der Waals surface area contributed by atoms with Crippen molar-refractivity contribution in [2.24, 2.45) is 5.73 Å². The fraction of sp³-hybridized carbons (Fsp3) is 0.235. The predicted octanol–water partition coefficient (Wildman–Crippen LogP) is 0.589. The van der Waals surface area contributed by atoms with Gasteiger partial charge in [-0.3, -0.25) is 9.59 Å². The molecule has 0 aliphatic rings. The number of phenols is 1. The number of nitrogens with two attached hydrogens (primary N) is 1. The van der Waals surface area contributed by atoms with Crippen LogP contribution in [0.25, 0.3) is 0 Å². The lowest BCUT2D eigenvalue weighted by atomic mass is 9.87. The third kappa shape index (κ3) is 3.61. The highest BCUT2D eigenvalue weighted by Gasteiger charge is 2.28. The van der Waals surface area contributed by atoms with Crippen molar-refractivity contribution in [2.75, 3.05) is 14.2 Å². The number of aromatic nitrogens is 1. The Morgan fingerprint density at radius 3 is 2.54 bits per heavy atom. The van der Waals surface area contributed by atoms with Gasteiger partial charge in [-0.05, 0) is 17.7 Å². The van der Waals surface area contributed by atoms with Gasteiger partial charge in [0.2, 0.25) is 5.91 Å². The third-order valence-corrected chi connectivity index (χ3v) is 3.87. The maximum absolute atomic E-state index is 12.3. The van der Waals surface area contributed by atoms with Crippen molar-refractivity contribution in [1.29, 1.82) is 0 Å². The van der Waals surface area contributed by atoms with Crippen LogP contribution in [0.15, 0.2) is 29.2 Å². The molecule has 9 nitrogen and oxygen atoms in total. The molecule has 1 heterocycles. The van der Waals surface area contributed by atoms with Crippen molar-refractivity contribution in [3.05, 3.63) is 51.4 Å². The number of H-pyrrole nitrogens is 1. The Morgan fingerprint density at radius 2 is 1.96 bits per heavy atom. The Hall–Kier alpha value is -3.49. The van der Waals surface area contributed by atoms with Gasteiger partial charge in [0.15, 0.2) is 11.5 Å². The van der Waals surface area contributed by atoms with Gasteiger partial charge in [-0.25, -0.2) is 4.79 Å². The largest absolute Gasteiger partial charge is 0.506 e. The van der Waals surface area contributed by atoms with Gasteiger partial charge in [-0.1, -0.05) is 6.07 Å². The van der Waals surface area contributed by atoms with Gasteiger partial charge < -0.3 is 30.4 Å². The average molecular weight is 362 g/mol. The van der Waals surface area contributed by atoms with Crippen molar-refractivity contribution in [1.82, 2.24) is 4.98 Å². The zero-order valence-corrected chi connectivity index (χ0v) is 14.1. The highest BCUT2D eigenvalue weighted by molar-refractivity contribution is 5.92. The van der Waals surface area contributed by atoms with Crippen LogP contribution in [0.1, 0.15) is 33.8 Å². The first kappa shape index (κ1) is 18.8. The van der Waals surface area contributed by atoms with Gasteiger partial charge in [-0.2, -0.15) is 0 Å². The summed E-state index contributed by atoms with van der Waals surface area (Å²) in [5.74, 6) is -3.22. The van der Waals surface area contributed by atoms with Crippen LogP contribution in [0.5, 0.6) is 17.2 Å². The van der Waals surface area contributed by atoms with Crippen molar-refractivity contribution in [2.45, 2.75) is 12.3 Å². The van der Waals surface area contributed by atoms with Gasteiger partial charge in [-0.15, -0.1) is 0 Å². The van der Waals surface area contributed by atoms with Crippen LogP contribution in [0.4, 0.5) is 0 Å². The van der Waals surface area contributed by atoms with Crippen molar-refractivity contribution < 1.29 is 29.3 Å². The van der Waals surface area contributed by atoms with Crippen LogP contribution in [0.2, 0.25) is 0 Å². The van der Waals surface area contributed by atoms with E-state index in [4.69, 9.17) is 10.5 Å². The normalized spacial score (nSPS) is 11.6. The van der Waals surface area contributed by atoms with E-state index in [1.54, 1.807) is 0 Å². The van der Waals surface area contributed by atoms with Crippen LogP contribution in [-0.2, 0) is 9.53 Å². The second-order valence-electron chi connectivity index (χ2n) is 5.44. The summed E-state index contributed by atoms with van der Waals surface area (Å²) in [5, 5.41) is 20.2. The lowest BCUT2D eigenvalue weighted by Crippen LogP contribution is -2.23. The molecular formula is C17H18N2O7. The molecule has 5 N–H and O–H groups in total. The summed E-state index contributed by atoms with van der Waals surface area (Å²) < 4.78 is 9.59. The lowest BCUT2D eigenvalue weighted by molar-refractivity contribution is -0.118. The van der Waals surface area contributed by atoms with Gasteiger partial charge in [0.05, 0.1) is 19.8 Å². The molecule has 0 fully saturated rings. The van der Waals surface area contributed by atoms with Crippen molar-refractivity contribution in [3.63, 3.8) is 0 Å². The van der Waals surface area contributed by atoms with E-state index in [0.717, 1.165) is 13.3 Å². The highest BCUT2D eigenvalue weighted by Crippen LogP contribution is 2.37. The second-order valence-corrected chi connectivity index (χ2v) is 5.44. The van der Waals surface area contributed by atoms with E-state index in [1.165, 1.54) is 25.3 Å². The van der Waals surface area contributed by atoms with Crippen molar-refractivity contribution in [3.8, 4) is 17.2 Å². The van der Waals surface area contributed by atoms with Crippen LogP contribution in [-0.4, -0.2) is 41.3 Å². The number of phenolic OH excluding ortho intramolecular Hbond substituents is 1. The van der Waals surface area contributed by atoms with E-state index < -0.39 is 29.1 Å². The van der Waals surface area contributed by atoms with Gasteiger partial charge in [0, 0.05) is 18.5 Å². The van der Waals surface area contributed by atoms with Crippen LogP contribution < -0.4 is 16.0 Å². The van der Waals surface area contributed by atoms with Gasteiger partial charge in [0.25, 0.3) is 5.56 Å². The number of aromatic amines is 1. The Bertz CT molecular complexity index is 904. The molecule has 0 saturated carbocycles. The molecule has 2 aromatic rings. The summed E-state index contributed by atoms with van der Waals surface area (Å²) >= 11 is 0. The Kier molecular flexibility index (Phi) is 5.51. The molecule has 1 unspecified atom stereocenters. The summed E-state index contributed by atoms with van der Waals surface area (Å²) in [6.07, 6.45) is 0.695. The molecule has 0 spiro atoms. The fourth-order valence-corrected chi connectivity index (χ4v) is 2.62. The number of aromatic hydroxyl groups is 2. The quantitative estimate of drug-likeness (QED) is 0.549. The minimum absolute atomic E-state index is 0.108. The average Bonchev–Trinajstić information content (AvgIpc) is 2.60. The van der Waals surface area contributed by atoms with Gasteiger partial charge in [0.1, 0.15) is 11.3 Å². The molecule has 0 aliphatic heterocycles. The summed E-state index contributed by atoms with van der Waals surface area (Å²) in [6.45, 7) is 0. The van der Waals surface area contributed by atoms with Crippen LogP contribution in [0, 0.1) is 0 Å². The SMILES string of the molecule is COC(=O)c1c[nH]c(=O)c(C(CC(N)=O)c2ccc(O)c(OC)c2)c1O. The molecule has 138 valence electrons. The first-order valence-electron chi connectivity index (χ1n) is 7.48. The number of pyridine rings is 1. The van der Waals surface area contributed by atoms with E-state index in [2.05, 4.69) is 9.72 Å². The van der Waals surface area contributed by atoms with Gasteiger partial charge >= 0.3 is 5.97 Å². The molecule has 1 aromatic carbocycles. The molecule has 9 heteroatoms. The standard InChI is InChI=1S/C17H18N2O7/c1-25-12-5-8(3-4-11(12)20)9(6-13(18)21)14-15(22)10(17(24)26-2)7-19-16(14)23/h3-5,7,9,20H,6H2,1-2H3,(H2,18,21)(H2,19,22,23). The molecule has 0 bridgehead atoms. The number of carbonyl (C=O) groups is 2. The molecule has 1 atom stereocenters. The zero-order valence-electron chi connectivity index (χ0n) is 14.1. The number of hydrogen-bond donors (Lipinski definition) is 4. The van der Waals surface area contributed by atoms with E-state index in [0.29, 0.717) is 5.56 Å². The molecule has 0 aliphatic carbocycles. The van der Waals surface area contributed by atoms with E-state index in [9.17, 15) is 24.6 Å². The topological polar surface area (TPSA) is 152 Å². The maximum atomic E-state index is 12.3. The second kappa shape index (κ2) is 7.60. The number of primary amides is 1. The molecule has 26 heavy (non-hydrogen) atoms. The number of ether oxygens (including phenoxy) is 2. The highest BCUT2D eigenvalue weighted by atomic mass is 16.5. The Balaban J connectivity index is 2.70. The molecule has 0 radical (unpaired) electrons. The number of carbonyl (C=O) groups excluding carboxylic acids is 2. The number of rotatable bonds is 6. The summed E-state index contributed by atoms with van der Waals surface area (Å²) in [6, 6.07) is 4.18. The summed E-state index contributed by atoms with van der Waals surface area (Å²) in [4.78, 5) is 38.0. The molecule has 1 amide bonds. The maximum Gasteiger partial charge on any atom is 0.343 e. The summed E-state index contributed by atoms with van der Waals surface area (Å²) in [7, 11) is 2.46. The fourth-order valence-electron chi connectivity index (χ4n) is 2.62. The number of methoxy groups -OCH3 is 2. The first-order valence-corrected chi connectivity index (χ1v) is 7.48. The molecular weight excluding hydrogens is 344 g/mol. The number of esters is 1. The Labute approximate surface area is 148 Å². The Morgan fingerprint density at radius 1 is 1.27 bits per heavy atom. The smallest absolute Gasteiger partial charge is 0.343 e. The predicted molar refractivity (Wildman–Crippen MR) is 90.4 cm³/mol. The minimum Gasteiger partial charge on any atom is -0.506 e. The van der Waals surface area contributed by atoms with E-state index in [1.807, 2.05) is 0 Å². The van der Waals surface area contributed by atoms with Crippen LogP contribution >= 0.6 is 0 Å². The molecule has 0 saturated heterocycles. The molecule has 1 aromatic heterocycles. The first-order chi connectivity index (χ1) is 12.3. The number of nitrogens with one attached hydrogen (secondary N) is 1. The number of amides is 1. The lowest BCUT2D eigenvalue weighted by Gasteiger charge is -2.19. The number of benzene rings is 1. The monoisotopic (exact) mass is 362 g/mol. The van der Waals surface area contributed by atoms with Crippen molar-refractivity contribution >= 4 is 11.9 Å². The third-order valence-electron chi connectivity index (χ3n) is 3.87. The molecule has 2 rings (SSSR count). The number of hydrogen-bond acceptors (Lipinski definition) is 7. The zero-order chi connectivity index (χ0) is 19.4. The summed E-state index contributed by atoms with van der Waals surface area (Å²) in [5.41, 5.74) is 4.48. The minimum atomic E-state index is -0.977. The van der Waals surface area contributed by atoms with E-state index in [-0.39, 0.29) is 29.0 Å². The van der Waals surface area contributed by atoms with E-state index >= 15 is 0 Å². The van der Waals surface area contributed by atoms with Crippen LogP contribution in [0.3, 0.4) is 0 Å².